The van der Waals surface area contributed by atoms with Crippen LogP contribution in [-0.2, 0) is 17.1 Å². The molecule has 1 unspecified atom stereocenters. The van der Waals surface area contributed by atoms with Crippen LogP contribution in [0.4, 0.5) is 0 Å². The van der Waals surface area contributed by atoms with Crippen LogP contribution in [0.5, 0.6) is 0 Å². The molecule has 1 N–H and O–H groups in total. The fraction of sp³-hybridized carbons (Fsp3) is 0.625. The molecule has 0 aliphatic heterocycles. The van der Waals surface area contributed by atoms with Gasteiger partial charge in [-0.05, 0) is 5.92 Å². The van der Waals surface area contributed by atoms with Crippen LogP contribution in [0, 0.1) is 5.92 Å². The van der Waals surface area contributed by atoms with Gasteiger partial charge in [-0.15, -0.1) is 11.6 Å². The standard InChI is InChI=1S/C8H14ClN3O2S/c1-7(3-9)4-11-15(13,14)8-5-10-12(2)6-8/h5-7,11H,3-4H2,1-2H3. The zero-order valence-corrected chi connectivity index (χ0v) is 10.2. The molecule has 1 aromatic heterocycles. The summed E-state index contributed by atoms with van der Waals surface area (Å²) in [6.07, 6.45) is 2.77. The minimum Gasteiger partial charge on any atom is -0.274 e. The molecule has 15 heavy (non-hydrogen) atoms. The first-order valence-corrected chi connectivity index (χ1v) is 6.51. The van der Waals surface area contributed by atoms with E-state index in [-0.39, 0.29) is 10.8 Å². The Morgan fingerprint density at radius 3 is 2.80 bits per heavy atom. The Balaban J connectivity index is 2.68. The van der Waals surface area contributed by atoms with Gasteiger partial charge in [0, 0.05) is 25.7 Å². The number of alkyl halides is 1. The summed E-state index contributed by atoms with van der Waals surface area (Å²) in [5.74, 6) is 0.536. The number of aryl methyl sites for hydroxylation is 1. The lowest BCUT2D eigenvalue weighted by Crippen LogP contribution is -2.28. The average Bonchev–Trinajstić information content (AvgIpc) is 2.62. The van der Waals surface area contributed by atoms with Gasteiger partial charge in [-0.2, -0.15) is 5.10 Å². The summed E-state index contributed by atoms with van der Waals surface area (Å²) in [5.41, 5.74) is 0. The van der Waals surface area contributed by atoms with Crippen LogP contribution in [0.15, 0.2) is 17.3 Å². The van der Waals surface area contributed by atoms with Crippen molar-refractivity contribution in [3.63, 3.8) is 0 Å². The Bertz CT molecular complexity index is 415. The van der Waals surface area contributed by atoms with Gasteiger partial charge in [-0.25, -0.2) is 13.1 Å². The first kappa shape index (κ1) is 12.5. The third kappa shape index (κ3) is 3.48. The minimum atomic E-state index is -3.44. The summed E-state index contributed by atoms with van der Waals surface area (Å²) in [4.78, 5) is 0.173. The van der Waals surface area contributed by atoms with E-state index in [4.69, 9.17) is 11.6 Å². The smallest absolute Gasteiger partial charge is 0.243 e. The quantitative estimate of drug-likeness (QED) is 0.779. The lowest BCUT2D eigenvalue weighted by Gasteiger charge is -2.08. The lowest BCUT2D eigenvalue weighted by molar-refractivity contribution is 0.561. The predicted octanol–water partition coefficient (Wildman–Crippen LogP) is 0.573. The van der Waals surface area contributed by atoms with Crippen molar-refractivity contribution in [3.8, 4) is 0 Å². The monoisotopic (exact) mass is 251 g/mol. The van der Waals surface area contributed by atoms with Gasteiger partial charge in [0.1, 0.15) is 4.90 Å². The Labute approximate surface area is 94.5 Å². The highest BCUT2D eigenvalue weighted by molar-refractivity contribution is 7.89. The molecular weight excluding hydrogens is 238 g/mol. The van der Waals surface area contributed by atoms with Crippen LogP contribution < -0.4 is 4.72 Å². The lowest BCUT2D eigenvalue weighted by atomic mass is 10.2. The molecule has 0 aliphatic rings. The van der Waals surface area contributed by atoms with E-state index in [0.717, 1.165) is 0 Å². The van der Waals surface area contributed by atoms with Gasteiger partial charge < -0.3 is 0 Å². The molecule has 0 saturated heterocycles. The van der Waals surface area contributed by atoms with E-state index in [1.165, 1.54) is 17.1 Å². The number of nitrogens with one attached hydrogen (secondary N) is 1. The third-order valence-corrected chi connectivity index (χ3v) is 3.78. The fourth-order valence-electron chi connectivity index (χ4n) is 0.927. The molecule has 0 spiro atoms. The zero-order valence-electron chi connectivity index (χ0n) is 8.64. The van der Waals surface area contributed by atoms with Crippen LogP contribution >= 0.6 is 11.6 Å². The summed E-state index contributed by atoms with van der Waals surface area (Å²) < 4.78 is 27.2. The highest BCUT2D eigenvalue weighted by atomic mass is 35.5. The Morgan fingerprint density at radius 2 is 2.33 bits per heavy atom. The first-order chi connectivity index (χ1) is 6.95. The fourth-order valence-corrected chi connectivity index (χ4v) is 2.18. The van der Waals surface area contributed by atoms with Crippen LogP contribution in [0.2, 0.25) is 0 Å². The first-order valence-electron chi connectivity index (χ1n) is 4.50. The van der Waals surface area contributed by atoms with E-state index in [2.05, 4.69) is 9.82 Å². The predicted molar refractivity (Wildman–Crippen MR) is 58.3 cm³/mol. The summed E-state index contributed by atoms with van der Waals surface area (Å²) in [5, 5.41) is 3.80. The van der Waals surface area contributed by atoms with E-state index >= 15 is 0 Å². The van der Waals surface area contributed by atoms with Gasteiger partial charge in [-0.1, -0.05) is 6.92 Å². The maximum Gasteiger partial charge on any atom is 0.243 e. The molecular formula is C8H14ClN3O2S. The summed E-state index contributed by atoms with van der Waals surface area (Å²) in [6, 6.07) is 0. The molecule has 5 nitrogen and oxygen atoms in total. The average molecular weight is 252 g/mol. The second kappa shape index (κ2) is 4.96. The molecule has 0 amide bonds. The number of rotatable bonds is 5. The molecule has 1 atom stereocenters. The molecule has 86 valence electrons. The Hall–Kier alpha value is -0.590. The molecule has 1 rings (SSSR count). The van der Waals surface area contributed by atoms with Crippen LogP contribution in [-0.4, -0.2) is 30.6 Å². The van der Waals surface area contributed by atoms with E-state index in [0.29, 0.717) is 12.4 Å². The second-order valence-corrected chi connectivity index (χ2v) is 5.54. The van der Waals surface area contributed by atoms with Crippen molar-refractivity contribution < 1.29 is 8.42 Å². The molecule has 0 bridgehead atoms. The van der Waals surface area contributed by atoms with E-state index < -0.39 is 10.0 Å². The van der Waals surface area contributed by atoms with E-state index in [1.807, 2.05) is 6.92 Å². The van der Waals surface area contributed by atoms with Crippen molar-refractivity contribution in [2.45, 2.75) is 11.8 Å². The van der Waals surface area contributed by atoms with Crippen molar-refractivity contribution in [2.75, 3.05) is 12.4 Å². The number of aromatic nitrogens is 2. The minimum absolute atomic E-state index is 0.109. The summed E-state index contributed by atoms with van der Waals surface area (Å²) in [6.45, 7) is 2.21. The highest BCUT2D eigenvalue weighted by Crippen LogP contribution is 2.06. The molecule has 0 radical (unpaired) electrons. The molecule has 1 heterocycles. The summed E-state index contributed by atoms with van der Waals surface area (Å²) >= 11 is 5.58. The number of sulfonamides is 1. The number of nitrogens with zero attached hydrogens (tertiary/aromatic N) is 2. The topological polar surface area (TPSA) is 64.0 Å². The normalized spacial score (nSPS) is 14.1. The molecule has 0 aliphatic carbocycles. The Kier molecular flexibility index (Phi) is 4.12. The van der Waals surface area contributed by atoms with Gasteiger partial charge in [-0.3, -0.25) is 4.68 Å². The molecule has 0 fully saturated rings. The maximum absolute atomic E-state index is 11.7. The molecule has 7 heteroatoms. The number of halogens is 1. The highest BCUT2D eigenvalue weighted by Gasteiger charge is 2.16. The van der Waals surface area contributed by atoms with Gasteiger partial charge >= 0.3 is 0 Å². The van der Waals surface area contributed by atoms with Crippen LogP contribution in [0.1, 0.15) is 6.92 Å². The van der Waals surface area contributed by atoms with Gasteiger partial charge in [0.25, 0.3) is 0 Å². The largest absolute Gasteiger partial charge is 0.274 e. The van der Waals surface area contributed by atoms with Crippen LogP contribution in [0.25, 0.3) is 0 Å². The second-order valence-electron chi connectivity index (χ2n) is 3.46. The van der Waals surface area contributed by atoms with Gasteiger partial charge in [0.2, 0.25) is 10.0 Å². The molecule has 0 aromatic carbocycles. The maximum atomic E-state index is 11.7. The van der Waals surface area contributed by atoms with Gasteiger partial charge in [0.15, 0.2) is 0 Å². The van der Waals surface area contributed by atoms with E-state index in [9.17, 15) is 8.42 Å². The molecule has 0 saturated carbocycles. The van der Waals surface area contributed by atoms with Crippen molar-refractivity contribution in [1.29, 1.82) is 0 Å². The number of hydrogen-bond donors (Lipinski definition) is 1. The van der Waals surface area contributed by atoms with Crippen molar-refractivity contribution in [3.05, 3.63) is 12.4 Å². The SMILES string of the molecule is CC(CCl)CNS(=O)(=O)c1cnn(C)c1. The van der Waals surface area contributed by atoms with Crippen molar-refractivity contribution in [2.24, 2.45) is 13.0 Å². The van der Waals surface area contributed by atoms with Crippen LogP contribution in [0.3, 0.4) is 0 Å². The van der Waals surface area contributed by atoms with E-state index in [1.54, 1.807) is 7.05 Å². The number of hydrogen-bond acceptors (Lipinski definition) is 3. The Morgan fingerprint density at radius 1 is 1.67 bits per heavy atom. The molecule has 1 aromatic rings. The summed E-state index contributed by atoms with van der Waals surface area (Å²) in [7, 11) is -1.77. The van der Waals surface area contributed by atoms with Crippen molar-refractivity contribution >= 4 is 21.6 Å². The van der Waals surface area contributed by atoms with Crippen molar-refractivity contribution in [1.82, 2.24) is 14.5 Å². The zero-order chi connectivity index (χ0) is 11.5. The van der Waals surface area contributed by atoms with Gasteiger partial charge in [0.05, 0.1) is 6.20 Å². The third-order valence-electron chi connectivity index (χ3n) is 1.88.